The van der Waals surface area contributed by atoms with E-state index in [1.807, 2.05) is 13.8 Å². The molecule has 1 aliphatic rings. The van der Waals surface area contributed by atoms with Crippen molar-refractivity contribution in [3.63, 3.8) is 0 Å². The van der Waals surface area contributed by atoms with Gasteiger partial charge in [0.2, 0.25) is 10.0 Å². The number of rotatable bonds is 5. The molecule has 0 saturated carbocycles. The third kappa shape index (κ3) is 5.47. The molecular weight excluding hydrogens is 268 g/mol. The van der Waals surface area contributed by atoms with Gasteiger partial charge in [0.25, 0.3) is 0 Å². The zero-order chi connectivity index (χ0) is 14.0. The Morgan fingerprint density at radius 2 is 1.67 bits per heavy atom. The molecule has 0 aromatic carbocycles. The van der Waals surface area contributed by atoms with E-state index in [-0.39, 0.29) is 16.4 Å². The first kappa shape index (κ1) is 16.3. The highest BCUT2D eigenvalue weighted by molar-refractivity contribution is 7.89. The largest absolute Gasteiger partial charge is 0.299 e. The molecule has 1 heterocycles. The van der Waals surface area contributed by atoms with Crippen LogP contribution < -0.4 is 0 Å². The van der Waals surface area contributed by atoms with Gasteiger partial charge < -0.3 is 0 Å². The van der Waals surface area contributed by atoms with Crippen LogP contribution in [0.3, 0.4) is 0 Å². The molecule has 0 unspecified atom stereocenters. The summed E-state index contributed by atoms with van der Waals surface area (Å²) in [6.07, 6.45) is 0. The molecule has 6 heteroatoms. The van der Waals surface area contributed by atoms with E-state index in [2.05, 4.69) is 31.4 Å². The average Bonchev–Trinajstić information content (AvgIpc) is 2.13. The number of hydrogen-bond acceptors (Lipinski definition) is 4. The predicted octanol–water partition coefficient (Wildman–Crippen LogP) is 1.30. The first-order chi connectivity index (χ1) is 8.10. The van der Waals surface area contributed by atoms with Crippen molar-refractivity contribution >= 4 is 22.7 Å². The van der Waals surface area contributed by atoms with E-state index in [1.54, 1.807) is 4.31 Å². The second kappa shape index (κ2) is 6.11. The van der Waals surface area contributed by atoms with Gasteiger partial charge in [-0.25, -0.2) is 8.42 Å². The van der Waals surface area contributed by atoms with Crippen molar-refractivity contribution < 1.29 is 8.42 Å². The molecule has 0 aromatic heterocycles. The van der Waals surface area contributed by atoms with Crippen LogP contribution in [-0.4, -0.2) is 60.8 Å². The van der Waals surface area contributed by atoms with E-state index >= 15 is 0 Å². The molecule has 0 atom stereocenters. The highest BCUT2D eigenvalue weighted by Crippen LogP contribution is 2.17. The van der Waals surface area contributed by atoms with Crippen LogP contribution in [-0.2, 0) is 10.0 Å². The molecule has 0 aliphatic carbocycles. The maximum absolute atomic E-state index is 12.1. The van der Waals surface area contributed by atoms with E-state index in [0.717, 1.165) is 19.6 Å². The molecule has 1 saturated heterocycles. The summed E-state index contributed by atoms with van der Waals surface area (Å²) in [5, 5.41) is 0. The molecule has 0 amide bonds. The van der Waals surface area contributed by atoms with Crippen molar-refractivity contribution in [2.24, 2.45) is 5.92 Å². The smallest absolute Gasteiger partial charge is 0.214 e. The Kier molecular flexibility index (Phi) is 5.53. The third-order valence-corrected chi connectivity index (χ3v) is 5.26. The number of thiol groups is 1. The quantitative estimate of drug-likeness (QED) is 0.777. The lowest BCUT2D eigenvalue weighted by Crippen LogP contribution is -2.51. The Balaban J connectivity index is 2.49. The maximum atomic E-state index is 12.1. The van der Waals surface area contributed by atoms with Crippen LogP contribution in [0.1, 0.15) is 27.7 Å². The molecule has 0 N–H and O–H groups in total. The Morgan fingerprint density at radius 1 is 1.17 bits per heavy atom. The third-order valence-electron chi connectivity index (χ3n) is 2.88. The number of hydrogen-bond donors (Lipinski definition) is 1. The molecule has 1 fully saturated rings. The Morgan fingerprint density at radius 3 is 2.06 bits per heavy atom. The summed E-state index contributed by atoms with van der Waals surface area (Å²) in [6, 6.07) is 0. The SMILES string of the molecule is CC(C)CS(=O)(=O)N1CCN(CC(C)(C)S)CC1. The van der Waals surface area contributed by atoms with Crippen molar-refractivity contribution in [2.75, 3.05) is 38.5 Å². The molecule has 0 aromatic rings. The molecule has 4 nitrogen and oxygen atoms in total. The summed E-state index contributed by atoms with van der Waals surface area (Å²) in [6.45, 7) is 11.8. The Hall–Kier alpha value is 0.220. The van der Waals surface area contributed by atoms with Gasteiger partial charge >= 0.3 is 0 Å². The van der Waals surface area contributed by atoms with Crippen molar-refractivity contribution in [1.82, 2.24) is 9.21 Å². The predicted molar refractivity (Wildman–Crippen MR) is 79.7 cm³/mol. The fourth-order valence-corrected chi connectivity index (χ4v) is 4.21. The number of sulfonamides is 1. The van der Waals surface area contributed by atoms with Crippen molar-refractivity contribution in [2.45, 2.75) is 32.4 Å². The van der Waals surface area contributed by atoms with Crippen LogP contribution in [0, 0.1) is 5.92 Å². The summed E-state index contributed by atoms with van der Waals surface area (Å²) in [7, 11) is -3.06. The topological polar surface area (TPSA) is 40.6 Å². The minimum Gasteiger partial charge on any atom is -0.299 e. The van der Waals surface area contributed by atoms with Gasteiger partial charge in [-0.2, -0.15) is 16.9 Å². The fraction of sp³-hybridized carbons (Fsp3) is 1.00. The van der Waals surface area contributed by atoms with Gasteiger partial charge in [-0.3, -0.25) is 4.90 Å². The summed E-state index contributed by atoms with van der Waals surface area (Å²) in [5.74, 6) is 0.440. The standard InChI is InChI=1S/C12H26N2O2S2/c1-11(2)9-18(15,16)14-7-5-13(6-8-14)10-12(3,4)17/h11,17H,5-10H2,1-4H3. The van der Waals surface area contributed by atoms with Crippen molar-refractivity contribution in [3.05, 3.63) is 0 Å². The lowest BCUT2D eigenvalue weighted by Gasteiger charge is -2.37. The zero-order valence-corrected chi connectivity index (χ0v) is 13.6. The summed E-state index contributed by atoms with van der Waals surface area (Å²) >= 11 is 4.52. The summed E-state index contributed by atoms with van der Waals surface area (Å²) < 4.78 is 25.8. The maximum Gasteiger partial charge on any atom is 0.214 e. The summed E-state index contributed by atoms with van der Waals surface area (Å²) in [4.78, 5) is 2.29. The fourth-order valence-electron chi connectivity index (χ4n) is 2.24. The van der Waals surface area contributed by atoms with Gasteiger partial charge in [-0.15, -0.1) is 0 Å². The van der Waals surface area contributed by atoms with Crippen LogP contribution in [0.2, 0.25) is 0 Å². The monoisotopic (exact) mass is 294 g/mol. The molecule has 18 heavy (non-hydrogen) atoms. The molecule has 108 valence electrons. The van der Waals surface area contributed by atoms with Gasteiger partial charge in [0.05, 0.1) is 5.75 Å². The lowest BCUT2D eigenvalue weighted by molar-refractivity contribution is 0.179. The molecule has 0 bridgehead atoms. The first-order valence-electron chi connectivity index (χ1n) is 6.53. The number of nitrogens with zero attached hydrogens (tertiary/aromatic N) is 2. The highest BCUT2D eigenvalue weighted by atomic mass is 32.2. The minimum atomic E-state index is -3.06. The second-order valence-electron chi connectivity index (χ2n) is 6.16. The average molecular weight is 294 g/mol. The molecule has 1 aliphatic heterocycles. The van der Waals surface area contributed by atoms with E-state index in [4.69, 9.17) is 0 Å². The van der Waals surface area contributed by atoms with Crippen molar-refractivity contribution in [1.29, 1.82) is 0 Å². The normalized spacial score (nSPS) is 20.6. The van der Waals surface area contributed by atoms with E-state index in [1.165, 1.54) is 0 Å². The van der Waals surface area contributed by atoms with Crippen molar-refractivity contribution in [3.8, 4) is 0 Å². The molecule has 1 rings (SSSR count). The van der Waals surface area contributed by atoms with Gasteiger partial charge in [0, 0.05) is 37.5 Å². The molecule has 0 spiro atoms. The van der Waals surface area contributed by atoms with Gasteiger partial charge in [0.15, 0.2) is 0 Å². The summed E-state index contributed by atoms with van der Waals surface area (Å²) in [5.41, 5.74) is 0. The molecule has 0 radical (unpaired) electrons. The number of piperazine rings is 1. The van der Waals surface area contributed by atoms with Crippen LogP contribution in [0.15, 0.2) is 0 Å². The Labute approximate surface area is 117 Å². The first-order valence-corrected chi connectivity index (χ1v) is 8.58. The van der Waals surface area contributed by atoms with Gasteiger partial charge in [-0.05, 0) is 19.8 Å². The second-order valence-corrected chi connectivity index (χ2v) is 9.38. The van der Waals surface area contributed by atoms with E-state index in [9.17, 15) is 8.42 Å². The van der Waals surface area contributed by atoms with Crippen LogP contribution in [0.25, 0.3) is 0 Å². The highest BCUT2D eigenvalue weighted by Gasteiger charge is 2.28. The van der Waals surface area contributed by atoms with Crippen LogP contribution >= 0.6 is 12.6 Å². The minimum absolute atomic E-state index is 0.0288. The van der Waals surface area contributed by atoms with Gasteiger partial charge in [0.1, 0.15) is 0 Å². The lowest BCUT2D eigenvalue weighted by atomic mass is 10.2. The Bertz CT molecular complexity index is 353. The van der Waals surface area contributed by atoms with Gasteiger partial charge in [-0.1, -0.05) is 13.8 Å². The van der Waals surface area contributed by atoms with Crippen LogP contribution in [0.4, 0.5) is 0 Å². The van der Waals surface area contributed by atoms with Crippen LogP contribution in [0.5, 0.6) is 0 Å². The zero-order valence-electron chi connectivity index (χ0n) is 11.9. The van der Waals surface area contributed by atoms with E-state index in [0.29, 0.717) is 13.1 Å². The van der Waals surface area contributed by atoms with E-state index < -0.39 is 10.0 Å². The molecular formula is C12H26N2O2S2.